The van der Waals surface area contributed by atoms with Gasteiger partial charge in [0.05, 0.1) is 28.7 Å². The number of hydrogen-bond donors (Lipinski definition) is 1. The number of anilines is 1. The Bertz CT molecular complexity index is 1170. The molecular formula is C24H24ClNO4S. The van der Waals surface area contributed by atoms with Gasteiger partial charge in [-0.3, -0.25) is 4.79 Å². The average Bonchev–Trinajstić information content (AvgIpc) is 2.75. The van der Waals surface area contributed by atoms with E-state index in [9.17, 15) is 13.2 Å². The van der Waals surface area contributed by atoms with Gasteiger partial charge in [0, 0.05) is 16.8 Å². The predicted molar refractivity (Wildman–Crippen MR) is 125 cm³/mol. The van der Waals surface area contributed by atoms with Crippen LogP contribution < -0.4 is 10.1 Å². The molecule has 0 aliphatic heterocycles. The Hall–Kier alpha value is -2.83. The van der Waals surface area contributed by atoms with Gasteiger partial charge in [0.15, 0.2) is 9.84 Å². The summed E-state index contributed by atoms with van der Waals surface area (Å²) >= 11 is 6.49. The highest BCUT2D eigenvalue weighted by Gasteiger charge is 2.13. The summed E-state index contributed by atoms with van der Waals surface area (Å²) in [5, 5.41) is 3.33. The number of nitrogens with one attached hydrogen (secondary N) is 1. The molecule has 1 N–H and O–H groups in total. The third kappa shape index (κ3) is 5.66. The molecule has 5 nitrogen and oxygen atoms in total. The number of carbonyl (C=O) groups is 1. The molecule has 0 aromatic heterocycles. The third-order valence-corrected chi connectivity index (χ3v) is 6.82. The lowest BCUT2D eigenvalue weighted by atomic mass is 10.0. The van der Waals surface area contributed by atoms with Gasteiger partial charge in [0.25, 0.3) is 0 Å². The summed E-state index contributed by atoms with van der Waals surface area (Å²) in [6, 6.07) is 19.4. The quantitative estimate of drug-likeness (QED) is 0.492. The highest BCUT2D eigenvalue weighted by Crippen LogP contribution is 2.36. The lowest BCUT2D eigenvalue weighted by molar-refractivity contribution is -0.115. The van der Waals surface area contributed by atoms with Gasteiger partial charge in [-0.1, -0.05) is 54.9 Å². The van der Waals surface area contributed by atoms with Gasteiger partial charge in [0.1, 0.15) is 5.75 Å². The molecule has 7 heteroatoms. The first-order chi connectivity index (χ1) is 14.8. The molecular weight excluding hydrogens is 434 g/mol. The van der Waals surface area contributed by atoms with Crippen molar-refractivity contribution in [3.8, 4) is 16.9 Å². The third-order valence-electron chi connectivity index (χ3n) is 4.76. The Morgan fingerprint density at radius 1 is 0.968 bits per heavy atom. The number of benzene rings is 3. The summed E-state index contributed by atoms with van der Waals surface area (Å²) in [7, 11) is -3.25. The second-order valence-electron chi connectivity index (χ2n) is 6.90. The van der Waals surface area contributed by atoms with Crippen LogP contribution in [0.3, 0.4) is 0 Å². The molecule has 0 aliphatic carbocycles. The van der Waals surface area contributed by atoms with Crippen LogP contribution in [0.15, 0.2) is 71.6 Å². The van der Waals surface area contributed by atoms with E-state index >= 15 is 0 Å². The molecule has 3 aromatic rings. The SMILES string of the molecule is CCOc1ccccc1-c1ccc(NC(=O)Cc2ccc(S(=O)(=O)CC)cc2)cc1Cl. The van der Waals surface area contributed by atoms with Crippen LogP contribution in [0.4, 0.5) is 5.69 Å². The van der Waals surface area contributed by atoms with E-state index in [-0.39, 0.29) is 23.0 Å². The average molecular weight is 458 g/mol. The van der Waals surface area contributed by atoms with Crippen molar-refractivity contribution in [3.05, 3.63) is 77.3 Å². The van der Waals surface area contributed by atoms with E-state index in [0.717, 1.165) is 22.4 Å². The van der Waals surface area contributed by atoms with Crippen molar-refractivity contribution in [2.75, 3.05) is 17.7 Å². The van der Waals surface area contributed by atoms with Crippen molar-refractivity contribution in [2.45, 2.75) is 25.2 Å². The topological polar surface area (TPSA) is 72.5 Å². The fourth-order valence-corrected chi connectivity index (χ4v) is 4.32. The van der Waals surface area contributed by atoms with Gasteiger partial charge in [0.2, 0.25) is 5.91 Å². The van der Waals surface area contributed by atoms with Crippen molar-refractivity contribution >= 4 is 33.0 Å². The smallest absolute Gasteiger partial charge is 0.228 e. The van der Waals surface area contributed by atoms with Crippen molar-refractivity contribution in [1.82, 2.24) is 0 Å². The molecule has 0 bridgehead atoms. The first-order valence-electron chi connectivity index (χ1n) is 9.97. The molecule has 0 fully saturated rings. The minimum atomic E-state index is -3.25. The number of carbonyl (C=O) groups excluding carboxylic acids is 1. The van der Waals surface area contributed by atoms with E-state index in [0.29, 0.717) is 17.3 Å². The number of para-hydroxylation sites is 1. The Balaban J connectivity index is 1.71. The maximum Gasteiger partial charge on any atom is 0.228 e. The fraction of sp³-hybridized carbons (Fsp3) is 0.208. The number of ether oxygens (including phenoxy) is 1. The lowest BCUT2D eigenvalue weighted by Gasteiger charge is -2.13. The van der Waals surface area contributed by atoms with E-state index in [2.05, 4.69) is 5.32 Å². The zero-order valence-corrected chi connectivity index (χ0v) is 19.0. The largest absolute Gasteiger partial charge is 0.493 e. The minimum Gasteiger partial charge on any atom is -0.493 e. The molecule has 0 unspecified atom stereocenters. The Morgan fingerprint density at radius 2 is 1.68 bits per heavy atom. The van der Waals surface area contributed by atoms with Gasteiger partial charge >= 0.3 is 0 Å². The van der Waals surface area contributed by atoms with Crippen molar-refractivity contribution in [1.29, 1.82) is 0 Å². The molecule has 0 radical (unpaired) electrons. The van der Waals surface area contributed by atoms with Crippen molar-refractivity contribution in [2.24, 2.45) is 0 Å². The summed E-state index contributed by atoms with van der Waals surface area (Å²) in [5.74, 6) is 0.570. The van der Waals surface area contributed by atoms with Gasteiger partial charge in [-0.2, -0.15) is 0 Å². The molecule has 3 aromatic carbocycles. The molecule has 0 spiro atoms. The molecule has 0 saturated heterocycles. The number of halogens is 1. The summed E-state index contributed by atoms with van der Waals surface area (Å²) in [6.45, 7) is 4.07. The zero-order chi connectivity index (χ0) is 22.4. The monoisotopic (exact) mass is 457 g/mol. The van der Waals surface area contributed by atoms with Gasteiger partial charge in [-0.25, -0.2) is 8.42 Å². The summed E-state index contributed by atoms with van der Waals surface area (Å²) in [5.41, 5.74) is 3.00. The number of rotatable bonds is 8. The van der Waals surface area contributed by atoms with Crippen LogP contribution in [0.25, 0.3) is 11.1 Å². The Labute approximate surface area is 187 Å². The number of sulfone groups is 1. The van der Waals surface area contributed by atoms with Crippen LogP contribution in [0.1, 0.15) is 19.4 Å². The van der Waals surface area contributed by atoms with Crippen LogP contribution in [0.2, 0.25) is 5.02 Å². The zero-order valence-electron chi connectivity index (χ0n) is 17.4. The van der Waals surface area contributed by atoms with Crippen LogP contribution in [0, 0.1) is 0 Å². The Morgan fingerprint density at radius 3 is 2.32 bits per heavy atom. The maximum atomic E-state index is 12.4. The van der Waals surface area contributed by atoms with E-state index in [4.69, 9.17) is 16.3 Å². The highest BCUT2D eigenvalue weighted by atomic mass is 35.5. The van der Waals surface area contributed by atoms with Crippen LogP contribution in [-0.2, 0) is 21.1 Å². The molecule has 0 atom stereocenters. The van der Waals surface area contributed by atoms with Crippen LogP contribution in [-0.4, -0.2) is 26.7 Å². The first kappa shape index (κ1) is 22.8. The van der Waals surface area contributed by atoms with Crippen molar-refractivity contribution < 1.29 is 17.9 Å². The summed E-state index contributed by atoms with van der Waals surface area (Å²) in [4.78, 5) is 12.7. The lowest BCUT2D eigenvalue weighted by Crippen LogP contribution is -2.14. The first-order valence-corrected chi connectivity index (χ1v) is 12.0. The van der Waals surface area contributed by atoms with Gasteiger partial charge in [-0.05, 0) is 42.8 Å². The highest BCUT2D eigenvalue weighted by molar-refractivity contribution is 7.91. The van der Waals surface area contributed by atoms with Gasteiger partial charge in [-0.15, -0.1) is 0 Å². The van der Waals surface area contributed by atoms with Crippen LogP contribution in [0.5, 0.6) is 5.75 Å². The second-order valence-corrected chi connectivity index (χ2v) is 9.58. The second kappa shape index (κ2) is 9.98. The van der Waals surface area contributed by atoms with Gasteiger partial charge < -0.3 is 10.1 Å². The Kier molecular flexibility index (Phi) is 7.36. The fourth-order valence-electron chi connectivity index (χ4n) is 3.15. The predicted octanol–water partition coefficient (Wildman–Crippen LogP) is 5.38. The molecule has 162 valence electrons. The maximum absolute atomic E-state index is 12.4. The van der Waals surface area contributed by atoms with Crippen molar-refractivity contribution in [3.63, 3.8) is 0 Å². The van der Waals surface area contributed by atoms with E-state index in [1.165, 1.54) is 12.1 Å². The molecule has 3 rings (SSSR count). The molecule has 0 saturated carbocycles. The van der Waals surface area contributed by atoms with E-state index in [1.807, 2.05) is 37.3 Å². The standard InChI is InChI=1S/C24H24ClNO4S/c1-3-30-23-8-6-5-7-21(23)20-14-11-18(16-22(20)25)26-24(27)15-17-9-12-19(13-10-17)31(28,29)4-2/h5-14,16H,3-4,15H2,1-2H3,(H,26,27). The molecule has 0 aliphatic rings. The number of hydrogen-bond acceptors (Lipinski definition) is 4. The molecule has 1 amide bonds. The molecule has 0 heterocycles. The van der Waals surface area contributed by atoms with Crippen LogP contribution >= 0.6 is 11.6 Å². The normalized spacial score (nSPS) is 11.2. The van der Waals surface area contributed by atoms with E-state index < -0.39 is 9.84 Å². The summed E-state index contributed by atoms with van der Waals surface area (Å²) in [6.07, 6.45) is 0.124. The number of amides is 1. The van der Waals surface area contributed by atoms with E-state index in [1.54, 1.807) is 31.2 Å². The molecule has 31 heavy (non-hydrogen) atoms. The minimum absolute atomic E-state index is 0.0403. The summed E-state index contributed by atoms with van der Waals surface area (Å²) < 4.78 is 29.5.